The molecule has 5 heteroatoms. The normalized spacial score (nSPS) is 12.7. The monoisotopic (exact) mass is 300 g/mol. The summed E-state index contributed by atoms with van der Waals surface area (Å²) in [6.07, 6.45) is 2.50. The van der Waals surface area contributed by atoms with E-state index in [0.717, 1.165) is 29.0 Å². The highest BCUT2D eigenvalue weighted by atomic mass is 35.5. The van der Waals surface area contributed by atoms with Crippen LogP contribution in [0.4, 0.5) is 0 Å². The minimum Gasteiger partial charge on any atom is -0.331 e. The van der Waals surface area contributed by atoms with Crippen molar-refractivity contribution in [2.45, 2.75) is 12.5 Å². The van der Waals surface area contributed by atoms with Gasteiger partial charge in [-0.25, -0.2) is 4.98 Å². The van der Waals surface area contributed by atoms with Crippen molar-refractivity contribution in [1.82, 2.24) is 19.9 Å². The van der Waals surface area contributed by atoms with Crippen LogP contribution in [0.5, 0.6) is 0 Å². The van der Waals surface area contributed by atoms with Gasteiger partial charge in [0, 0.05) is 19.7 Å². The number of nitrogens with zero attached hydrogens (tertiary/aromatic N) is 3. The number of fused-ring (bicyclic) bond motifs is 1. The summed E-state index contributed by atoms with van der Waals surface area (Å²) >= 11 is 6.25. The molecule has 2 heterocycles. The summed E-state index contributed by atoms with van der Waals surface area (Å²) in [7, 11) is 3.95. The summed E-state index contributed by atoms with van der Waals surface area (Å²) < 4.78 is 2.12. The third-order valence-corrected chi connectivity index (χ3v) is 4.05. The van der Waals surface area contributed by atoms with E-state index in [-0.39, 0.29) is 6.04 Å². The molecule has 0 saturated heterocycles. The Bertz CT molecular complexity index is 766. The highest BCUT2D eigenvalue weighted by Crippen LogP contribution is 2.24. The average molecular weight is 301 g/mol. The van der Waals surface area contributed by atoms with Gasteiger partial charge in [-0.1, -0.05) is 23.7 Å². The van der Waals surface area contributed by atoms with Gasteiger partial charge in [0.05, 0.1) is 27.8 Å². The quantitative estimate of drug-likeness (QED) is 0.805. The maximum atomic E-state index is 6.25. The van der Waals surface area contributed by atoms with E-state index in [0.29, 0.717) is 5.02 Å². The molecule has 0 aliphatic heterocycles. The fourth-order valence-electron chi connectivity index (χ4n) is 2.55. The molecule has 0 saturated carbocycles. The molecular weight excluding hydrogens is 284 g/mol. The van der Waals surface area contributed by atoms with Gasteiger partial charge in [0.15, 0.2) is 0 Å². The predicted molar refractivity (Wildman–Crippen MR) is 85.5 cm³/mol. The first-order valence-electron chi connectivity index (χ1n) is 6.88. The number of nitrogens with one attached hydrogen (secondary N) is 1. The molecule has 0 aliphatic carbocycles. The zero-order valence-electron chi connectivity index (χ0n) is 12.0. The van der Waals surface area contributed by atoms with Crippen molar-refractivity contribution in [3.63, 3.8) is 0 Å². The number of para-hydroxylation sites is 2. The van der Waals surface area contributed by atoms with Gasteiger partial charge < -0.3 is 9.88 Å². The first-order valence-corrected chi connectivity index (χ1v) is 7.26. The second-order valence-corrected chi connectivity index (χ2v) is 5.40. The van der Waals surface area contributed by atoms with Gasteiger partial charge >= 0.3 is 0 Å². The van der Waals surface area contributed by atoms with Gasteiger partial charge in [-0.2, -0.15) is 0 Å². The molecule has 1 atom stereocenters. The molecule has 0 fully saturated rings. The summed E-state index contributed by atoms with van der Waals surface area (Å²) in [5.41, 5.74) is 3.00. The van der Waals surface area contributed by atoms with E-state index in [4.69, 9.17) is 16.6 Å². The SMILES string of the molecule is CNC(Cc1nc2ccccc2n1C)c1ncccc1Cl. The summed E-state index contributed by atoms with van der Waals surface area (Å²) in [5, 5.41) is 3.96. The lowest BCUT2D eigenvalue weighted by Crippen LogP contribution is -2.21. The van der Waals surface area contributed by atoms with E-state index in [1.165, 1.54) is 0 Å². The van der Waals surface area contributed by atoms with Gasteiger partial charge in [0.1, 0.15) is 5.82 Å². The van der Waals surface area contributed by atoms with Crippen molar-refractivity contribution < 1.29 is 0 Å². The number of aromatic nitrogens is 3. The van der Waals surface area contributed by atoms with E-state index in [2.05, 4.69) is 20.9 Å². The fraction of sp³-hybridized carbons (Fsp3) is 0.250. The van der Waals surface area contributed by atoms with Crippen molar-refractivity contribution in [3.05, 3.63) is 59.1 Å². The number of hydrogen-bond donors (Lipinski definition) is 1. The summed E-state index contributed by atoms with van der Waals surface area (Å²) in [4.78, 5) is 9.10. The van der Waals surface area contributed by atoms with Crippen LogP contribution in [0.3, 0.4) is 0 Å². The highest BCUT2D eigenvalue weighted by molar-refractivity contribution is 6.31. The van der Waals surface area contributed by atoms with Gasteiger partial charge in [-0.3, -0.25) is 4.98 Å². The van der Waals surface area contributed by atoms with Crippen LogP contribution in [0.25, 0.3) is 11.0 Å². The molecule has 3 rings (SSSR count). The molecule has 1 aromatic carbocycles. The van der Waals surface area contributed by atoms with Crippen LogP contribution in [0.15, 0.2) is 42.6 Å². The third-order valence-electron chi connectivity index (χ3n) is 3.73. The smallest absolute Gasteiger partial charge is 0.111 e. The number of rotatable bonds is 4. The first-order chi connectivity index (χ1) is 10.2. The lowest BCUT2D eigenvalue weighted by Gasteiger charge is -2.16. The van der Waals surface area contributed by atoms with E-state index < -0.39 is 0 Å². The van der Waals surface area contributed by atoms with Gasteiger partial charge in [0.2, 0.25) is 0 Å². The average Bonchev–Trinajstić information content (AvgIpc) is 2.82. The van der Waals surface area contributed by atoms with Crippen molar-refractivity contribution in [1.29, 1.82) is 0 Å². The minimum absolute atomic E-state index is 0.0363. The molecule has 0 amide bonds. The molecule has 0 aliphatic rings. The molecule has 2 aromatic heterocycles. The molecular formula is C16H17ClN4. The third kappa shape index (κ3) is 2.64. The number of halogens is 1. The number of aryl methyl sites for hydroxylation is 1. The largest absolute Gasteiger partial charge is 0.331 e. The standard InChI is InChI=1S/C16H17ClN4/c1-18-13(16-11(17)6-5-9-19-16)10-15-20-12-7-3-4-8-14(12)21(15)2/h3-9,13,18H,10H2,1-2H3. The van der Waals surface area contributed by atoms with Gasteiger partial charge in [-0.15, -0.1) is 0 Å². The van der Waals surface area contributed by atoms with Crippen molar-refractivity contribution in [2.75, 3.05) is 7.05 Å². The summed E-state index contributed by atoms with van der Waals surface area (Å²) in [6, 6.07) is 11.9. The number of imidazole rings is 1. The number of hydrogen-bond acceptors (Lipinski definition) is 3. The van der Waals surface area contributed by atoms with Crippen molar-refractivity contribution >= 4 is 22.6 Å². The Morgan fingerprint density at radius 1 is 1.24 bits per heavy atom. The fourth-order valence-corrected chi connectivity index (χ4v) is 2.80. The molecule has 0 radical (unpaired) electrons. The Morgan fingerprint density at radius 3 is 2.76 bits per heavy atom. The van der Waals surface area contributed by atoms with Gasteiger partial charge in [-0.05, 0) is 31.3 Å². The maximum absolute atomic E-state index is 6.25. The van der Waals surface area contributed by atoms with Gasteiger partial charge in [0.25, 0.3) is 0 Å². The number of likely N-dealkylation sites (N-methyl/N-ethyl adjacent to an activating group) is 1. The minimum atomic E-state index is 0.0363. The summed E-state index contributed by atoms with van der Waals surface area (Å²) in [6.45, 7) is 0. The summed E-state index contributed by atoms with van der Waals surface area (Å²) in [5.74, 6) is 1.01. The second kappa shape index (κ2) is 5.84. The van der Waals surface area contributed by atoms with Crippen LogP contribution < -0.4 is 5.32 Å². The van der Waals surface area contributed by atoms with E-state index in [1.807, 2.05) is 44.4 Å². The molecule has 0 bridgehead atoms. The van der Waals surface area contributed by atoms with Crippen LogP contribution in [0, 0.1) is 0 Å². The topological polar surface area (TPSA) is 42.7 Å². The van der Waals surface area contributed by atoms with E-state index in [1.54, 1.807) is 6.20 Å². The zero-order chi connectivity index (χ0) is 14.8. The van der Waals surface area contributed by atoms with Crippen LogP contribution in [0.1, 0.15) is 17.6 Å². The van der Waals surface area contributed by atoms with Crippen LogP contribution in [0.2, 0.25) is 5.02 Å². The Balaban J connectivity index is 1.96. The Hall–Kier alpha value is -1.91. The Kier molecular flexibility index (Phi) is 3.90. The first kappa shape index (κ1) is 14.0. The molecule has 21 heavy (non-hydrogen) atoms. The van der Waals surface area contributed by atoms with Crippen LogP contribution in [-0.4, -0.2) is 21.6 Å². The second-order valence-electron chi connectivity index (χ2n) is 4.99. The lowest BCUT2D eigenvalue weighted by molar-refractivity contribution is 0.552. The molecule has 0 spiro atoms. The molecule has 108 valence electrons. The van der Waals surface area contributed by atoms with E-state index in [9.17, 15) is 0 Å². The van der Waals surface area contributed by atoms with E-state index >= 15 is 0 Å². The van der Waals surface area contributed by atoms with Crippen molar-refractivity contribution in [3.8, 4) is 0 Å². The zero-order valence-corrected chi connectivity index (χ0v) is 12.8. The highest BCUT2D eigenvalue weighted by Gasteiger charge is 2.18. The Labute approximate surface area is 128 Å². The number of pyridine rings is 1. The van der Waals surface area contributed by atoms with Crippen LogP contribution in [-0.2, 0) is 13.5 Å². The predicted octanol–water partition coefficient (Wildman–Crippen LogP) is 3.12. The molecule has 3 aromatic rings. The molecule has 1 N–H and O–H groups in total. The van der Waals surface area contributed by atoms with Crippen LogP contribution >= 0.6 is 11.6 Å². The maximum Gasteiger partial charge on any atom is 0.111 e. The lowest BCUT2D eigenvalue weighted by atomic mass is 10.1. The molecule has 1 unspecified atom stereocenters. The number of benzene rings is 1. The molecule has 4 nitrogen and oxygen atoms in total. The Morgan fingerprint density at radius 2 is 2.05 bits per heavy atom. The van der Waals surface area contributed by atoms with Crippen molar-refractivity contribution in [2.24, 2.45) is 7.05 Å².